The average Bonchev–Trinajstić information content (AvgIpc) is 2.63. The number of nitrogens with zero attached hydrogens (tertiary/aromatic N) is 2. The van der Waals surface area contributed by atoms with Gasteiger partial charge in [-0.1, -0.05) is 32.8 Å². The summed E-state index contributed by atoms with van der Waals surface area (Å²) in [6.07, 6.45) is 5.80. The highest BCUT2D eigenvalue weighted by Crippen LogP contribution is 2.40. The quantitative estimate of drug-likeness (QED) is 0.595. The van der Waals surface area contributed by atoms with Gasteiger partial charge in [0.1, 0.15) is 5.66 Å². The molecule has 1 aliphatic rings. The number of hydrogen-bond acceptors (Lipinski definition) is 5. The summed E-state index contributed by atoms with van der Waals surface area (Å²) in [6.45, 7) is 16.5. The monoisotopic (exact) mass is 340 g/mol. The highest BCUT2D eigenvalue weighted by atomic mass is 32.2. The summed E-state index contributed by atoms with van der Waals surface area (Å²) in [6, 6.07) is 0. The van der Waals surface area contributed by atoms with Gasteiger partial charge in [0.15, 0.2) is 5.12 Å². The molecule has 0 N–H and O–H groups in total. The van der Waals surface area contributed by atoms with Crippen LogP contribution >= 0.6 is 11.8 Å². The largest absolute Gasteiger partial charge is 0.292 e. The zero-order chi connectivity index (χ0) is 17.7. The number of unbranched alkanes of at least 4 members (excludes halogenated alkanes) is 1. The van der Waals surface area contributed by atoms with Crippen molar-refractivity contribution in [3.05, 3.63) is 12.7 Å². The van der Waals surface area contributed by atoms with Crippen LogP contribution in [0.25, 0.3) is 0 Å². The molecule has 1 rings (SSSR count). The number of aliphatic imine (C=N–C) groups is 1. The Kier molecular flexibility index (Phi) is 7.49. The highest BCUT2D eigenvalue weighted by Gasteiger charge is 2.49. The number of hydrogen-bond donors (Lipinski definition) is 0. The Morgan fingerprint density at radius 3 is 2.57 bits per heavy atom. The van der Waals surface area contributed by atoms with Crippen molar-refractivity contribution in [2.24, 2.45) is 10.9 Å². The molecule has 132 valence electrons. The number of thioether (sulfide) groups is 1. The topological polar surface area (TPSA) is 41.9 Å². The Morgan fingerprint density at radius 2 is 2.04 bits per heavy atom. The minimum absolute atomic E-state index is 0.115. The molecule has 0 aromatic rings. The molecule has 0 amide bonds. The van der Waals surface area contributed by atoms with Crippen molar-refractivity contribution in [2.45, 2.75) is 78.4 Å². The fraction of sp³-hybridized carbons (Fsp3) is 0.778. The third kappa shape index (κ3) is 4.91. The van der Waals surface area contributed by atoms with Gasteiger partial charge >= 0.3 is 0 Å². The minimum atomic E-state index is -0.486. The van der Waals surface area contributed by atoms with Crippen LogP contribution in [-0.4, -0.2) is 33.0 Å². The number of hydroxylamine groups is 2. The van der Waals surface area contributed by atoms with Gasteiger partial charge < -0.3 is 0 Å². The smallest absolute Gasteiger partial charge is 0.197 e. The maximum atomic E-state index is 12.7. The average molecular weight is 341 g/mol. The van der Waals surface area contributed by atoms with Gasteiger partial charge in [-0.3, -0.25) is 14.6 Å². The van der Waals surface area contributed by atoms with Crippen LogP contribution < -0.4 is 0 Å². The fourth-order valence-electron chi connectivity index (χ4n) is 2.91. The van der Waals surface area contributed by atoms with Gasteiger partial charge in [0.05, 0.1) is 17.2 Å². The van der Waals surface area contributed by atoms with E-state index in [0.29, 0.717) is 6.61 Å². The Hall–Kier alpha value is -0.650. The molecule has 0 fully saturated rings. The Bertz CT molecular complexity index is 458. The summed E-state index contributed by atoms with van der Waals surface area (Å²) in [5, 5.41) is 2.95. The number of carbonyl (C=O) groups excluding carboxylic acids is 1. The second-order valence-electron chi connectivity index (χ2n) is 7.02. The van der Waals surface area contributed by atoms with Crippen molar-refractivity contribution in [1.29, 1.82) is 0 Å². The molecule has 1 heterocycles. The molecule has 0 spiro atoms. The molecule has 0 saturated heterocycles. The first-order valence-corrected chi connectivity index (χ1v) is 9.38. The number of carbonyl (C=O) groups is 1. The van der Waals surface area contributed by atoms with E-state index in [2.05, 4.69) is 34.3 Å². The molecule has 1 aliphatic heterocycles. The molecule has 0 saturated carbocycles. The maximum absolute atomic E-state index is 12.7. The van der Waals surface area contributed by atoms with Crippen molar-refractivity contribution in [3.8, 4) is 0 Å². The minimum Gasteiger partial charge on any atom is -0.292 e. The Balaban J connectivity index is 2.86. The van der Waals surface area contributed by atoms with Crippen LogP contribution in [0.15, 0.2) is 17.6 Å². The van der Waals surface area contributed by atoms with E-state index in [0.717, 1.165) is 30.7 Å². The van der Waals surface area contributed by atoms with E-state index in [1.165, 1.54) is 11.8 Å². The van der Waals surface area contributed by atoms with Crippen LogP contribution in [0.3, 0.4) is 0 Å². The van der Waals surface area contributed by atoms with Crippen molar-refractivity contribution >= 4 is 21.9 Å². The Morgan fingerprint density at radius 1 is 1.39 bits per heavy atom. The van der Waals surface area contributed by atoms with E-state index in [4.69, 9.17) is 9.83 Å². The molecule has 1 unspecified atom stereocenters. The SMILES string of the molecule is C=CCON1C(C)(C)N=C(SC(=O)C(CC)CCCC)C1(C)C. The summed E-state index contributed by atoms with van der Waals surface area (Å²) in [5.41, 5.74) is -0.907. The summed E-state index contributed by atoms with van der Waals surface area (Å²) in [5.74, 6) is 0.115. The van der Waals surface area contributed by atoms with Gasteiger partial charge in [0.25, 0.3) is 0 Å². The standard InChI is InChI=1S/C18H32N2O2S/c1-8-11-12-14(10-3)15(21)23-16-17(4,5)20(22-13-9-2)18(6,7)19-16/h9,14H,2,8,10-13H2,1,3-7H3. The third-order valence-electron chi connectivity index (χ3n) is 4.15. The first kappa shape index (κ1) is 20.4. The highest BCUT2D eigenvalue weighted by molar-refractivity contribution is 8.26. The lowest BCUT2D eigenvalue weighted by molar-refractivity contribution is -0.228. The maximum Gasteiger partial charge on any atom is 0.197 e. The van der Waals surface area contributed by atoms with Crippen molar-refractivity contribution in [1.82, 2.24) is 5.06 Å². The van der Waals surface area contributed by atoms with Crippen LogP contribution in [0.5, 0.6) is 0 Å². The predicted molar refractivity (Wildman–Crippen MR) is 99.5 cm³/mol. The summed E-state index contributed by atoms with van der Waals surface area (Å²) in [4.78, 5) is 23.3. The van der Waals surface area contributed by atoms with Gasteiger partial charge in [-0.2, -0.15) is 0 Å². The van der Waals surface area contributed by atoms with Crippen LogP contribution in [-0.2, 0) is 9.63 Å². The molecule has 0 bridgehead atoms. The normalized spacial score (nSPS) is 21.0. The van der Waals surface area contributed by atoms with Crippen LogP contribution in [0.1, 0.15) is 67.2 Å². The second-order valence-corrected chi connectivity index (χ2v) is 8.01. The third-order valence-corrected chi connectivity index (χ3v) is 5.47. The predicted octanol–water partition coefficient (Wildman–Crippen LogP) is 4.81. The van der Waals surface area contributed by atoms with E-state index in [1.54, 1.807) is 6.08 Å². The van der Waals surface area contributed by atoms with Crippen LogP contribution in [0.4, 0.5) is 0 Å². The number of rotatable bonds is 8. The van der Waals surface area contributed by atoms with Crippen LogP contribution in [0, 0.1) is 5.92 Å². The Labute approximate surface area is 145 Å². The first-order valence-electron chi connectivity index (χ1n) is 8.56. The second kappa shape index (κ2) is 8.45. The lowest BCUT2D eigenvalue weighted by atomic mass is 10.0. The van der Waals surface area contributed by atoms with Crippen LogP contribution in [0.2, 0.25) is 0 Å². The lowest BCUT2D eigenvalue weighted by Gasteiger charge is -2.37. The summed E-state index contributed by atoms with van der Waals surface area (Å²) >= 11 is 1.30. The molecule has 0 radical (unpaired) electrons. The van der Waals surface area contributed by atoms with Gasteiger partial charge in [0, 0.05) is 5.92 Å². The van der Waals surface area contributed by atoms with Crippen molar-refractivity contribution in [2.75, 3.05) is 6.61 Å². The molecular formula is C18H32N2O2S. The van der Waals surface area contributed by atoms with E-state index in [-0.39, 0.29) is 11.0 Å². The van der Waals surface area contributed by atoms with E-state index in [1.807, 2.05) is 18.9 Å². The van der Waals surface area contributed by atoms with Gasteiger partial charge in [-0.15, -0.1) is 11.6 Å². The molecule has 23 heavy (non-hydrogen) atoms. The van der Waals surface area contributed by atoms with E-state index < -0.39 is 11.2 Å². The van der Waals surface area contributed by atoms with Gasteiger partial charge in [-0.05, 0) is 52.3 Å². The molecule has 0 aliphatic carbocycles. The molecule has 0 aromatic carbocycles. The molecule has 0 aromatic heterocycles. The van der Waals surface area contributed by atoms with Crippen molar-refractivity contribution in [3.63, 3.8) is 0 Å². The van der Waals surface area contributed by atoms with Crippen molar-refractivity contribution < 1.29 is 9.63 Å². The first-order chi connectivity index (χ1) is 10.7. The lowest BCUT2D eigenvalue weighted by Crippen LogP contribution is -2.51. The zero-order valence-corrected chi connectivity index (χ0v) is 16.3. The summed E-state index contributed by atoms with van der Waals surface area (Å²) in [7, 11) is 0. The van der Waals surface area contributed by atoms with Gasteiger partial charge in [0.2, 0.25) is 0 Å². The van der Waals surface area contributed by atoms with E-state index >= 15 is 0 Å². The van der Waals surface area contributed by atoms with E-state index in [9.17, 15) is 4.79 Å². The molecule has 1 atom stereocenters. The van der Waals surface area contributed by atoms with Gasteiger partial charge in [-0.25, -0.2) is 0 Å². The molecule has 4 nitrogen and oxygen atoms in total. The molecular weight excluding hydrogens is 308 g/mol. The molecule has 5 heteroatoms. The fourth-order valence-corrected chi connectivity index (χ4v) is 4.16. The summed E-state index contributed by atoms with van der Waals surface area (Å²) < 4.78 is 0. The zero-order valence-electron chi connectivity index (χ0n) is 15.5.